The molecule has 4 aromatic rings. The van der Waals surface area contributed by atoms with E-state index in [9.17, 15) is 0 Å². The Morgan fingerprint density at radius 3 is 1.52 bits per heavy atom. The molecule has 0 unspecified atom stereocenters. The molecule has 50 heavy (non-hydrogen) atoms. The third kappa shape index (κ3) is 12.1. The fraction of sp³-hybridized carbons (Fsp3) is 0.357. The number of benzene rings is 4. The fourth-order valence-corrected chi connectivity index (χ4v) is 6.13. The van der Waals surface area contributed by atoms with E-state index in [1.54, 1.807) is 0 Å². The van der Waals surface area contributed by atoms with Gasteiger partial charge in [-0.25, -0.2) is 0 Å². The molecule has 0 atom stereocenters. The smallest absolute Gasteiger partial charge is 0.209 e. The monoisotopic (exact) mass is 825 g/mol. The third-order valence-corrected chi connectivity index (χ3v) is 10.2. The first kappa shape index (κ1) is 46.1. The van der Waals surface area contributed by atoms with Gasteiger partial charge in [0.2, 0.25) is 5.69 Å². The van der Waals surface area contributed by atoms with E-state index in [0.29, 0.717) is 0 Å². The molecular weight excluding hydrogens is 775 g/mol. The van der Waals surface area contributed by atoms with E-state index < -0.39 is 0 Å². The van der Waals surface area contributed by atoms with Gasteiger partial charge in [-0.1, -0.05) is 108 Å². The second-order valence-corrected chi connectivity index (χ2v) is 16.7. The molecule has 4 aromatic carbocycles. The van der Waals surface area contributed by atoms with Crippen molar-refractivity contribution in [1.29, 1.82) is 0 Å². The van der Waals surface area contributed by atoms with Gasteiger partial charge in [0.25, 0.3) is 0 Å². The van der Waals surface area contributed by atoms with E-state index in [2.05, 4.69) is 159 Å². The molecule has 1 aliphatic heterocycles. The molecule has 8 heteroatoms. The Labute approximate surface area is 348 Å². The number of nitrogens with zero attached hydrogens (tertiary/aromatic N) is 2. The van der Waals surface area contributed by atoms with Gasteiger partial charge in [0.15, 0.2) is 5.71 Å². The van der Waals surface area contributed by atoms with Gasteiger partial charge in [-0.2, -0.15) is 24.2 Å². The third-order valence-electron chi connectivity index (χ3n) is 8.58. The molecule has 0 aliphatic carbocycles. The van der Waals surface area contributed by atoms with Crippen LogP contribution < -0.4 is 4.90 Å². The largest absolute Gasteiger partial charge is 0.781 e. The summed E-state index contributed by atoms with van der Waals surface area (Å²) in [6.07, 6.45) is 4.51. The first-order chi connectivity index (χ1) is 22.3. The van der Waals surface area contributed by atoms with Crippen LogP contribution in [0.5, 0.6) is 0 Å². The number of anilines is 1. The van der Waals surface area contributed by atoms with Crippen LogP contribution >= 0.6 is 0 Å². The summed E-state index contributed by atoms with van der Waals surface area (Å²) in [6.45, 7) is 20.8. The number of hydrogen-bond donors (Lipinski definition) is 0. The second-order valence-electron chi connectivity index (χ2n) is 14.9. The van der Waals surface area contributed by atoms with Gasteiger partial charge in [0, 0.05) is 73.1 Å². The molecule has 2 radical (unpaired) electrons. The number of hydrogen-bond acceptors (Lipinski definition) is 5. The summed E-state index contributed by atoms with van der Waals surface area (Å²) in [4.78, 5) is 5.25. The molecule has 0 aromatic heterocycles. The van der Waals surface area contributed by atoms with Crippen molar-refractivity contribution in [3.05, 3.63) is 113 Å². The molecule has 0 N–H and O–H groups in total. The molecule has 5 rings (SSSR count). The molecule has 0 amide bonds. The van der Waals surface area contributed by atoms with Crippen LogP contribution in [0.1, 0.15) is 84.6 Å². The van der Waals surface area contributed by atoms with Crippen molar-refractivity contribution in [1.82, 2.24) is 0 Å². The molecule has 2 nitrogen and oxygen atoms in total. The van der Waals surface area contributed by atoms with E-state index in [0.717, 1.165) is 26.1 Å². The minimum Gasteiger partial charge on any atom is -0.781 e. The number of para-hydroxylation sites is 1. The van der Waals surface area contributed by atoms with Crippen molar-refractivity contribution in [2.24, 2.45) is 0 Å². The van der Waals surface area contributed by atoms with Crippen molar-refractivity contribution in [3.8, 4) is 0 Å². The van der Waals surface area contributed by atoms with E-state index >= 15 is 0 Å². The summed E-state index contributed by atoms with van der Waals surface area (Å²) in [5.41, 5.74) is 9.44. The average Bonchev–Trinajstić information content (AvgIpc) is 3.24. The standard InChI is InChI=1S/C22H27N2.2C10H14S2.Cu.V/c1-6-24-20-10-8-7-9-19(20)22(2,3)21(24)16-13-17-11-14-18(15-12-17)23(4)5;2*1-10(2,3)7-4-5-8(11)9(12)6-7;;/h7-16H,6H2,1-5H3;2*4-6,11-12H,1-3H3;;/q+1;;;;/p-4. The van der Waals surface area contributed by atoms with Crippen molar-refractivity contribution in [2.45, 2.75) is 98.1 Å². The van der Waals surface area contributed by atoms with Crippen LogP contribution in [0.15, 0.2) is 111 Å². The molecular formula is C42H51CuN2S4V-3. The maximum Gasteiger partial charge on any atom is 0.209 e. The summed E-state index contributed by atoms with van der Waals surface area (Å²) in [6, 6.07) is 29.4. The molecule has 0 saturated heterocycles. The number of fused-ring (bicyclic) bond motifs is 1. The van der Waals surface area contributed by atoms with Crippen LogP contribution in [0.4, 0.5) is 11.4 Å². The fourth-order valence-electron chi connectivity index (χ4n) is 5.49. The van der Waals surface area contributed by atoms with Gasteiger partial charge in [-0.15, -0.1) is 0 Å². The van der Waals surface area contributed by atoms with Crippen LogP contribution in [0.3, 0.4) is 0 Å². The zero-order chi connectivity index (χ0) is 36.0. The Hall–Kier alpha value is -1.93. The molecule has 1 heterocycles. The Morgan fingerprint density at radius 1 is 0.660 bits per heavy atom. The Kier molecular flexibility index (Phi) is 17.7. The Bertz CT molecular complexity index is 1700. The first-order valence-electron chi connectivity index (χ1n) is 16.4. The number of allylic oxidation sites excluding steroid dienone is 1. The maximum absolute atomic E-state index is 5.11. The van der Waals surface area contributed by atoms with E-state index in [1.165, 1.54) is 39.3 Å². The van der Waals surface area contributed by atoms with Gasteiger partial charge in [-0.05, 0) is 66.5 Å². The molecule has 0 spiro atoms. The van der Waals surface area contributed by atoms with Gasteiger partial charge in [-0.3, -0.25) is 0 Å². The predicted molar refractivity (Wildman–Crippen MR) is 218 cm³/mol. The van der Waals surface area contributed by atoms with E-state index in [-0.39, 0.29) is 51.9 Å². The van der Waals surface area contributed by atoms with Gasteiger partial charge < -0.3 is 55.4 Å². The Morgan fingerprint density at radius 2 is 1.12 bits per heavy atom. The zero-order valence-electron chi connectivity index (χ0n) is 31.2. The second kappa shape index (κ2) is 19.2. The zero-order valence-corrected chi connectivity index (χ0v) is 36.8. The maximum atomic E-state index is 5.11. The van der Waals surface area contributed by atoms with Crippen molar-refractivity contribution >= 4 is 73.7 Å². The van der Waals surface area contributed by atoms with E-state index in [1.807, 2.05) is 24.3 Å². The van der Waals surface area contributed by atoms with Crippen LogP contribution in [-0.2, 0) is 102 Å². The minimum atomic E-state index is 0. The predicted octanol–water partition coefficient (Wildman–Crippen LogP) is 10.4. The van der Waals surface area contributed by atoms with Crippen LogP contribution in [-0.4, -0.2) is 30.9 Å². The average molecular weight is 827 g/mol. The van der Waals surface area contributed by atoms with E-state index in [4.69, 9.17) is 50.5 Å². The van der Waals surface area contributed by atoms with Crippen LogP contribution in [0.25, 0.3) is 6.08 Å². The summed E-state index contributed by atoms with van der Waals surface area (Å²) in [7, 11) is 4.14. The van der Waals surface area contributed by atoms with Crippen molar-refractivity contribution < 1.29 is 40.2 Å². The van der Waals surface area contributed by atoms with Crippen LogP contribution in [0, 0.1) is 0 Å². The topological polar surface area (TPSA) is 6.25 Å². The van der Waals surface area contributed by atoms with Gasteiger partial charge in [0.05, 0.1) is 5.41 Å². The van der Waals surface area contributed by atoms with Gasteiger partial charge in [0.1, 0.15) is 6.54 Å². The molecule has 0 fully saturated rings. The summed E-state index contributed by atoms with van der Waals surface area (Å²) in [5.74, 6) is 0. The van der Waals surface area contributed by atoms with Crippen molar-refractivity contribution in [2.75, 3.05) is 25.5 Å². The first-order valence-corrected chi connectivity index (χ1v) is 18.1. The number of rotatable bonds is 4. The normalized spacial score (nSPS) is 13.2. The quantitative estimate of drug-likeness (QED) is 0.115. The Balaban J connectivity index is 0.000000408. The molecule has 0 bridgehead atoms. The minimum absolute atomic E-state index is 0. The molecule has 1 aliphatic rings. The van der Waals surface area contributed by atoms with Gasteiger partial charge >= 0.3 is 0 Å². The SMILES string of the molecule is CC(C)(C)c1ccc([S-])c([S-])c1.CC(C)(C)c1ccc([S-])c([S-])c1.CC[N+]1=C(C=Cc2ccc(N(C)C)cc2)C(C)(C)c2ccccc21.[Cu].[V]. The summed E-state index contributed by atoms with van der Waals surface area (Å²) < 4.78 is 2.43. The van der Waals surface area contributed by atoms with Crippen molar-refractivity contribution in [3.63, 3.8) is 0 Å². The summed E-state index contributed by atoms with van der Waals surface area (Å²) >= 11 is 20.3. The summed E-state index contributed by atoms with van der Waals surface area (Å²) in [5, 5.41) is 0. The molecule has 0 saturated carbocycles. The molecule has 272 valence electrons. The van der Waals surface area contributed by atoms with Crippen LogP contribution in [0.2, 0.25) is 0 Å².